The minimum atomic E-state index is -0.102. The molecule has 0 atom stereocenters. The molecule has 1 saturated heterocycles. The zero-order valence-electron chi connectivity index (χ0n) is 9.93. The predicted octanol–water partition coefficient (Wildman–Crippen LogP) is 1.05. The van der Waals surface area contributed by atoms with Crippen molar-refractivity contribution >= 4 is 17.5 Å². The number of anilines is 2. The third-order valence-corrected chi connectivity index (χ3v) is 3.12. The molecule has 0 aromatic carbocycles. The van der Waals surface area contributed by atoms with Gasteiger partial charge in [-0.25, -0.2) is 4.98 Å². The highest BCUT2D eigenvalue weighted by molar-refractivity contribution is 5.72. The first kappa shape index (κ1) is 11.7. The number of piperidine rings is 1. The minimum absolute atomic E-state index is 0.0324. The number of carbonyl (C=O) groups excluding carboxylic acids is 1. The van der Waals surface area contributed by atoms with Crippen molar-refractivity contribution < 1.29 is 9.53 Å². The molecular weight excluding hydrogens is 218 g/mol. The number of aromatic nitrogens is 1. The van der Waals surface area contributed by atoms with E-state index >= 15 is 0 Å². The van der Waals surface area contributed by atoms with E-state index in [9.17, 15) is 4.79 Å². The summed E-state index contributed by atoms with van der Waals surface area (Å²) in [6.07, 6.45) is 3.29. The number of hydrogen-bond acceptors (Lipinski definition) is 5. The second-order valence-electron chi connectivity index (χ2n) is 4.23. The van der Waals surface area contributed by atoms with Gasteiger partial charge < -0.3 is 15.4 Å². The van der Waals surface area contributed by atoms with Gasteiger partial charge >= 0.3 is 5.97 Å². The van der Waals surface area contributed by atoms with Gasteiger partial charge in [0.2, 0.25) is 0 Å². The van der Waals surface area contributed by atoms with Crippen molar-refractivity contribution in [3.8, 4) is 0 Å². The molecule has 0 amide bonds. The summed E-state index contributed by atoms with van der Waals surface area (Å²) in [7, 11) is 1.44. The number of methoxy groups -OCH3 is 1. The van der Waals surface area contributed by atoms with Gasteiger partial charge in [-0.1, -0.05) is 0 Å². The van der Waals surface area contributed by atoms with Crippen LogP contribution in [0, 0.1) is 5.92 Å². The van der Waals surface area contributed by atoms with Crippen LogP contribution in [0.1, 0.15) is 12.8 Å². The van der Waals surface area contributed by atoms with E-state index in [2.05, 4.69) is 9.88 Å². The molecule has 2 N–H and O–H groups in total. The highest BCUT2D eigenvalue weighted by atomic mass is 16.5. The summed E-state index contributed by atoms with van der Waals surface area (Å²) in [5.41, 5.74) is 6.26. The van der Waals surface area contributed by atoms with Gasteiger partial charge in [-0.15, -0.1) is 0 Å². The minimum Gasteiger partial charge on any atom is -0.469 e. The molecule has 0 saturated carbocycles. The molecule has 2 heterocycles. The van der Waals surface area contributed by atoms with E-state index in [1.165, 1.54) is 7.11 Å². The Kier molecular flexibility index (Phi) is 3.46. The second kappa shape index (κ2) is 5.03. The Morgan fingerprint density at radius 1 is 1.47 bits per heavy atom. The maximum absolute atomic E-state index is 11.4. The van der Waals surface area contributed by atoms with E-state index in [4.69, 9.17) is 10.5 Å². The van der Waals surface area contributed by atoms with Crippen LogP contribution in [0.4, 0.5) is 11.5 Å². The zero-order valence-corrected chi connectivity index (χ0v) is 9.93. The van der Waals surface area contributed by atoms with Crippen LogP contribution < -0.4 is 10.6 Å². The number of pyridine rings is 1. The average molecular weight is 235 g/mol. The molecule has 17 heavy (non-hydrogen) atoms. The van der Waals surface area contributed by atoms with Crippen LogP contribution in [0.5, 0.6) is 0 Å². The summed E-state index contributed by atoms with van der Waals surface area (Å²) in [4.78, 5) is 17.8. The van der Waals surface area contributed by atoms with Gasteiger partial charge in [0.25, 0.3) is 0 Å². The molecular formula is C12H17N3O2. The van der Waals surface area contributed by atoms with Crippen LogP contribution in [0.3, 0.4) is 0 Å². The molecule has 5 nitrogen and oxygen atoms in total. The van der Waals surface area contributed by atoms with Gasteiger partial charge in [0.1, 0.15) is 5.82 Å². The van der Waals surface area contributed by atoms with Crippen molar-refractivity contribution in [2.24, 2.45) is 5.92 Å². The fraction of sp³-hybridized carbons (Fsp3) is 0.500. The Bertz CT molecular complexity index is 383. The summed E-state index contributed by atoms with van der Waals surface area (Å²) in [5.74, 6) is 0.850. The Morgan fingerprint density at radius 2 is 2.18 bits per heavy atom. The van der Waals surface area contributed by atoms with E-state index in [1.807, 2.05) is 12.1 Å². The molecule has 1 aromatic heterocycles. The van der Waals surface area contributed by atoms with Crippen LogP contribution in [-0.2, 0) is 9.53 Å². The van der Waals surface area contributed by atoms with Crippen molar-refractivity contribution in [1.82, 2.24) is 4.98 Å². The summed E-state index contributed by atoms with van der Waals surface area (Å²) in [5, 5.41) is 0. The first-order valence-corrected chi connectivity index (χ1v) is 5.75. The topological polar surface area (TPSA) is 68.5 Å². The first-order valence-electron chi connectivity index (χ1n) is 5.75. The Balaban J connectivity index is 1.95. The third kappa shape index (κ3) is 2.67. The zero-order chi connectivity index (χ0) is 12.3. The number of rotatable bonds is 2. The molecule has 0 aliphatic carbocycles. The average Bonchev–Trinajstić information content (AvgIpc) is 2.39. The van der Waals surface area contributed by atoms with E-state index in [-0.39, 0.29) is 11.9 Å². The summed E-state index contributed by atoms with van der Waals surface area (Å²) in [6, 6.07) is 3.75. The second-order valence-corrected chi connectivity index (χ2v) is 4.23. The lowest BCUT2D eigenvalue weighted by Crippen LogP contribution is -2.37. The van der Waals surface area contributed by atoms with Crippen LogP contribution >= 0.6 is 0 Å². The molecule has 1 aliphatic heterocycles. The maximum Gasteiger partial charge on any atom is 0.308 e. The van der Waals surface area contributed by atoms with Gasteiger partial charge in [-0.2, -0.15) is 0 Å². The standard InChI is InChI=1S/C12H17N3O2/c1-17-12(16)9-4-6-15(7-5-9)11-3-2-10(13)8-14-11/h2-3,8-9H,4-7,13H2,1H3. The van der Waals surface area contributed by atoms with Gasteiger partial charge in [0.15, 0.2) is 0 Å². The number of esters is 1. The molecule has 0 spiro atoms. The highest BCUT2D eigenvalue weighted by Gasteiger charge is 2.25. The number of carbonyl (C=O) groups is 1. The fourth-order valence-corrected chi connectivity index (χ4v) is 2.10. The molecule has 0 radical (unpaired) electrons. The quantitative estimate of drug-likeness (QED) is 0.776. The van der Waals surface area contributed by atoms with E-state index in [1.54, 1.807) is 6.20 Å². The largest absolute Gasteiger partial charge is 0.469 e. The Morgan fingerprint density at radius 3 is 2.71 bits per heavy atom. The van der Waals surface area contributed by atoms with Gasteiger partial charge in [-0.05, 0) is 25.0 Å². The van der Waals surface area contributed by atoms with Crippen LogP contribution in [0.25, 0.3) is 0 Å². The molecule has 92 valence electrons. The van der Waals surface area contributed by atoms with Crippen LogP contribution in [0.15, 0.2) is 18.3 Å². The van der Waals surface area contributed by atoms with E-state index in [0.29, 0.717) is 5.69 Å². The van der Waals surface area contributed by atoms with Gasteiger partial charge in [0.05, 0.1) is 24.9 Å². The fourth-order valence-electron chi connectivity index (χ4n) is 2.10. The molecule has 0 bridgehead atoms. The van der Waals surface area contributed by atoms with Crippen LogP contribution in [-0.4, -0.2) is 31.2 Å². The maximum atomic E-state index is 11.4. The highest BCUT2D eigenvalue weighted by Crippen LogP contribution is 2.22. The molecule has 2 rings (SSSR count). The lowest BCUT2D eigenvalue weighted by atomic mass is 9.97. The van der Waals surface area contributed by atoms with Gasteiger partial charge in [-0.3, -0.25) is 4.79 Å². The third-order valence-electron chi connectivity index (χ3n) is 3.12. The lowest BCUT2D eigenvalue weighted by Gasteiger charge is -2.31. The summed E-state index contributed by atoms with van der Waals surface area (Å²) < 4.78 is 4.76. The van der Waals surface area contributed by atoms with Gasteiger partial charge in [0, 0.05) is 13.1 Å². The van der Waals surface area contributed by atoms with Crippen molar-refractivity contribution in [2.45, 2.75) is 12.8 Å². The molecule has 5 heteroatoms. The number of ether oxygens (including phenoxy) is 1. The molecule has 1 aliphatic rings. The number of hydrogen-bond donors (Lipinski definition) is 1. The predicted molar refractivity (Wildman–Crippen MR) is 65.6 cm³/mol. The number of nitrogens with zero attached hydrogens (tertiary/aromatic N) is 2. The first-order chi connectivity index (χ1) is 8.20. The van der Waals surface area contributed by atoms with Crippen molar-refractivity contribution in [1.29, 1.82) is 0 Å². The van der Waals surface area contributed by atoms with Crippen LogP contribution in [0.2, 0.25) is 0 Å². The van der Waals surface area contributed by atoms with E-state index < -0.39 is 0 Å². The van der Waals surface area contributed by atoms with Crippen molar-refractivity contribution in [2.75, 3.05) is 30.8 Å². The number of nitrogen functional groups attached to an aromatic ring is 1. The summed E-state index contributed by atoms with van der Waals surface area (Å²) >= 11 is 0. The Labute approximate surface area is 101 Å². The molecule has 0 unspecified atom stereocenters. The van der Waals surface area contributed by atoms with E-state index in [0.717, 1.165) is 31.7 Å². The molecule has 1 fully saturated rings. The SMILES string of the molecule is COC(=O)C1CCN(c2ccc(N)cn2)CC1. The van der Waals surface area contributed by atoms with Crippen molar-refractivity contribution in [3.63, 3.8) is 0 Å². The lowest BCUT2D eigenvalue weighted by molar-refractivity contribution is -0.146. The summed E-state index contributed by atoms with van der Waals surface area (Å²) in [6.45, 7) is 1.66. The number of nitrogens with two attached hydrogens (primary N) is 1. The smallest absolute Gasteiger partial charge is 0.308 e. The van der Waals surface area contributed by atoms with Crippen molar-refractivity contribution in [3.05, 3.63) is 18.3 Å². The molecule has 1 aromatic rings. The monoisotopic (exact) mass is 235 g/mol. The Hall–Kier alpha value is -1.78. The normalized spacial score (nSPS) is 16.9.